The molecule has 0 saturated heterocycles. The van der Waals surface area contributed by atoms with Crippen LogP contribution in [0.4, 0.5) is 0 Å². The quantitative estimate of drug-likeness (QED) is 0.901. The van der Waals surface area contributed by atoms with Crippen molar-refractivity contribution in [1.82, 2.24) is 14.7 Å². The molecule has 0 fully saturated rings. The van der Waals surface area contributed by atoms with Crippen LogP contribution in [0, 0.1) is 0 Å². The zero-order valence-corrected chi connectivity index (χ0v) is 14.1. The molecule has 7 heteroatoms. The summed E-state index contributed by atoms with van der Waals surface area (Å²) in [7, 11) is 4.00. The normalized spacial score (nSPS) is 12.9. The molecule has 2 aromatic rings. The molecule has 114 valence electrons. The number of hydrogen-bond donors (Lipinski definition) is 1. The number of rotatable bonds is 5. The van der Waals surface area contributed by atoms with Crippen molar-refractivity contribution in [2.24, 2.45) is 5.73 Å². The van der Waals surface area contributed by atoms with Crippen molar-refractivity contribution in [2.45, 2.75) is 12.6 Å². The Morgan fingerprint density at radius 1 is 1.24 bits per heavy atom. The zero-order valence-electron chi connectivity index (χ0n) is 11.9. The molecule has 1 unspecified atom stereocenters. The lowest BCUT2D eigenvalue weighted by Gasteiger charge is -2.18. The van der Waals surface area contributed by atoms with E-state index in [1.165, 1.54) is 0 Å². The van der Waals surface area contributed by atoms with Crippen LogP contribution in [0.5, 0.6) is 0 Å². The molecule has 0 amide bonds. The molecule has 2 rings (SSSR count). The maximum atomic E-state index is 6.34. The highest BCUT2D eigenvalue weighted by Crippen LogP contribution is 2.34. The Hall–Kier alpha value is -0.780. The van der Waals surface area contributed by atoms with Crippen molar-refractivity contribution in [3.63, 3.8) is 0 Å². The van der Waals surface area contributed by atoms with Gasteiger partial charge in [0.05, 0.1) is 39.5 Å². The largest absolute Gasteiger partial charge is 0.319 e. The van der Waals surface area contributed by atoms with E-state index in [4.69, 9.17) is 40.5 Å². The summed E-state index contributed by atoms with van der Waals surface area (Å²) in [5, 5.41) is 5.73. The summed E-state index contributed by atoms with van der Waals surface area (Å²) in [6.07, 6.45) is 1.60. The van der Waals surface area contributed by atoms with E-state index in [1.54, 1.807) is 12.3 Å². The highest BCUT2D eigenvalue weighted by Gasteiger charge is 2.21. The predicted octanol–water partition coefficient (Wildman–Crippen LogP) is 3.45. The van der Waals surface area contributed by atoms with Gasteiger partial charge in [0.15, 0.2) is 0 Å². The minimum Gasteiger partial charge on any atom is -0.319 e. The SMILES string of the molecule is CN(C)CCn1ncc(Cl)c1C(N)c1cccc(Cl)c1Cl. The number of hydrogen-bond acceptors (Lipinski definition) is 3. The molecule has 21 heavy (non-hydrogen) atoms. The van der Waals surface area contributed by atoms with Gasteiger partial charge in [-0.2, -0.15) is 5.10 Å². The molecule has 0 aliphatic heterocycles. The third-order valence-corrected chi connectivity index (χ3v) is 4.33. The number of aromatic nitrogens is 2. The van der Waals surface area contributed by atoms with Crippen LogP contribution in [0.15, 0.2) is 24.4 Å². The second-order valence-corrected chi connectivity index (χ2v) is 6.22. The maximum absolute atomic E-state index is 6.34. The topological polar surface area (TPSA) is 47.1 Å². The van der Waals surface area contributed by atoms with Gasteiger partial charge in [-0.3, -0.25) is 4.68 Å². The number of halogens is 3. The van der Waals surface area contributed by atoms with Crippen LogP contribution >= 0.6 is 34.8 Å². The first kappa shape index (κ1) is 16.6. The Kier molecular flexibility index (Phi) is 5.52. The fraction of sp³-hybridized carbons (Fsp3) is 0.357. The third-order valence-electron chi connectivity index (χ3n) is 3.20. The van der Waals surface area contributed by atoms with Crippen molar-refractivity contribution in [3.05, 3.63) is 50.7 Å². The van der Waals surface area contributed by atoms with Crippen molar-refractivity contribution >= 4 is 34.8 Å². The Morgan fingerprint density at radius 3 is 2.62 bits per heavy atom. The van der Waals surface area contributed by atoms with Gasteiger partial charge in [0.1, 0.15) is 0 Å². The first-order chi connectivity index (χ1) is 9.91. The number of benzene rings is 1. The van der Waals surface area contributed by atoms with Crippen molar-refractivity contribution < 1.29 is 0 Å². The second-order valence-electron chi connectivity index (χ2n) is 5.02. The lowest BCUT2D eigenvalue weighted by Crippen LogP contribution is -2.23. The fourth-order valence-corrected chi connectivity index (χ4v) is 2.75. The second kappa shape index (κ2) is 6.99. The molecule has 0 spiro atoms. The van der Waals surface area contributed by atoms with E-state index in [0.717, 1.165) is 17.8 Å². The van der Waals surface area contributed by atoms with Crippen LogP contribution in [0.3, 0.4) is 0 Å². The van der Waals surface area contributed by atoms with E-state index < -0.39 is 6.04 Å². The van der Waals surface area contributed by atoms with Gasteiger partial charge >= 0.3 is 0 Å². The summed E-state index contributed by atoms with van der Waals surface area (Å²) in [5.74, 6) is 0. The molecule has 1 aromatic heterocycles. The number of likely N-dealkylation sites (N-methyl/N-ethyl adjacent to an activating group) is 1. The van der Waals surface area contributed by atoms with Crippen molar-refractivity contribution in [3.8, 4) is 0 Å². The predicted molar refractivity (Wildman–Crippen MR) is 88.3 cm³/mol. The summed E-state index contributed by atoms with van der Waals surface area (Å²) in [6, 6.07) is 4.91. The van der Waals surface area contributed by atoms with E-state index >= 15 is 0 Å². The van der Waals surface area contributed by atoms with Gasteiger partial charge in [-0.25, -0.2) is 0 Å². The van der Waals surface area contributed by atoms with Crippen molar-refractivity contribution in [2.75, 3.05) is 20.6 Å². The molecule has 4 nitrogen and oxygen atoms in total. The first-order valence-corrected chi connectivity index (χ1v) is 7.60. The zero-order chi connectivity index (χ0) is 15.6. The smallest absolute Gasteiger partial charge is 0.0837 e. The minimum atomic E-state index is -0.478. The summed E-state index contributed by atoms with van der Waals surface area (Å²) in [4.78, 5) is 2.07. The molecule has 2 N–H and O–H groups in total. The molecule has 0 radical (unpaired) electrons. The van der Waals surface area contributed by atoms with E-state index in [9.17, 15) is 0 Å². The van der Waals surface area contributed by atoms with Crippen LogP contribution in [0.1, 0.15) is 17.3 Å². The van der Waals surface area contributed by atoms with Crippen LogP contribution < -0.4 is 5.73 Å². The van der Waals surface area contributed by atoms with Gasteiger partial charge in [-0.05, 0) is 25.7 Å². The average Bonchev–Trinajstić information content (AvgIpc) is 2.80. The van der Waals surface area contributed by atoms with Gasteiger partial charge in [-0.1, -0.05) is 46.9 Å². The van der Waals surface area contributed by atoms with Gasteiger partial charge in [0.2, 0.25) is 0 Å². The molecule has 0 bridgehead atoms. The summed E-state index contributed by atoms with van der Waals surface area (Å²) in [5.41, 5.74) is 7.81. The minimum absolute atomic E-state index is 0.447. The van der Waals surface area contributed by atoms with Crippen LogP contribution in [-0.4, -0.2) is 35.3 Å². The van der Waals surface area contributed by atoms with Crippen LogP contribution in [0.2, 0.25) is 15.1 Å². The Morgan fingerprint density at radius 2 is 1.95 bits per heavy atom. The highest BCUT2D eigenvalue weighted by molar-refractivity contribution is 6.42. The van der Waals surface area contributed by atoms with E-state index in [0.29, 0.717) is 21.6 Å². The maximum Gasteiger partial charge on any atom is 0.0837 e. The lowest BCUT2D eigenvalue weighted by molar-refractivity contribution is 0.368. The highest BCUT2D eigenvalue weighted by atomic mass is 35.5. The Balaban J connectivity index is 2.36. The number of nitrogens with zero attached hydrogens (tertiary/aromatic N) is 3. The van der Waals surface area contributed by atoms with Gasteiger partial charge < -0.3 is 10.6 Å². The standard InChI is InChI=1S/C14H17Cl3N4/c1-20(2)6-7-21-14(11(16)8-19-21)13(18)9-4-3-5-10(15)12(9)17/h3-5,8,13H,6-7,18H2,1-2H3. The van der Waals surface area contributed by atoms with Gasteiger partial charge in [-0.15, -0.1) is 0 Å². The summed E-state index contributed by atoms with van der Waals surface area (Å²) in [6.45, 7) is 1.53. The molecule has 0 aliphatic rings. The lowest BCUT2D eigenvalue weighted by atomic mass is 10.0. The summed E-state index contributed by atoms with van der Waals surface area (Å²) < 4.78 is 1.81. The molecular formula is C14H17Cl3N4. The molecule has 0 aliphatic carbocycles. The first-order valence-electron chi connectivity index (χ1n) is 6.47. The summed E-state index contributed by atoms with van der Waals surface area (Å²) >= 11 is 18.5. The average molecular weight is 348 g/mol. The molecule has 0 saturated carbocycles. The van der Waals surface area contributed by atoms with E-state index in [2.05, 4.69) is 10.00 Å². The Bertz CT molecular complexity index is 625. The van der Waals surface area contributed by atoms with E-state index in [-0.39, 0.29) is 0 Å². The monoisotopic (exact) mass is 346 g/mol. The van der Waals surface area contributed by atoms with Gasteiger partial charge in [0.25, 0.3) is 0 Å². The van der Waals surface area contributed by atoms with Crippen molar-refractivity contribution in [1.29, 1.82) is 0 Å². The molecule has 1 aromatic carbocycles. The van der Waals surface area contributed by atoms with E-state index in [1.807, 2.05) is 30.9 Å². The molecular weight excluding hydrogens is 331 g/mol. The van der Waals surface area contributed by atoms with Crippen LogP contribution in [-0.2, 0) is 6.54 Å². The van der Waals surface area contributed by atoms with Crippen LogP contribution in [0.25, 0.3) is 0 Å². The Labute approximate surface area is 139 Å². The third kappa shape index (κ3) is 3.71. The molecule has 1 atom stereocenters. The molecule has 1 heterocycles. The fourth-order valence-electron chi connectivity index (χ4n) is 2.06. The van der Waals surface area contributed by atoms with Gasteiger partial charge in [0, 0.05) is 6.54 Å². The number of nitrogens with two attached hydrogens (primary N) is 1.